The van der Waals surface area contributed by atoms with E-state index in [-0.39, 0.29) is 24.7 Å². The largest absolute Gasteiger partial charge is 0.467 e. The maximum absolute atomic E-state index is 13.1. The molecule has 0 bridgehead atoms. The molecule has 2 amide bonds. The van der Waals surface area contributed by atoms with Crippen LogP contribution in [-0.2, 0) is 9.47 Å². The predicted octanol–water partition coefficient (Wildman–Crippen LogP) is 3.49. The Morgan fingerprint density at radius 2 is 1.65 bits per heavy atom. The second-order valence-corrected chi connectivity index (χ2v) is 10.6. The third-order valence-corrected chi connectivity index (χ3v) is 5.52. The summed E-state index contributed by atoms with van der Waals surface area (Å²) in [5, 5.41) is 12.9. The van der Waals surface area contributed by atoms with Crippen LogP contribution in [0.3, 0.4) is 0 Å². The van der Waals surface area contributed by atoms with Crippen LogP contribution in [0.15, 0.2) is 24.8 Å². The molecule has 37 heavy (non-hydrogen) atoms. The number of rotatable bonds is 7. The van der Waals surface area contributed by atoms with Gasteiger partial charge in [0.25, 0.3) is 0 Å². The minimum atomic E-state index is -1.18. The molecule has 3 rings (SSSR count). The third kappa shape index (κ3) is 8.52. The molecule has 0 unspecified atom stereocenters. The topological polar surface area (TPSA) is 149 Å². The van der Waals surface area contributed by atoms with Crippen LogP contribution in [0, 0.1) is 0 Å². The highest BCUT2D eigenvalue weighted by atomic mass is 16.6. The van der Waals surface area contributed by atoms with Gasteiger partial charge in [-0.2, -0.15) is 0 Å². The van der Waals surface area contributed by atoms with Gasteiger partial charge < -0.3 is 24.6 Å². The van der Waals surface area contributed by atoms with Gasteiger partial charge >= 0.3 is 18.2 Å². The molecule has 202 valence electrons. The molecule has 0 radical (unpaired) electrons. The molecule has 12 nitrogen and oxygen atoms in total. The number of ether oxygens (including phenoxy) is 3. The van der Waals surface area contributed by atoms with E-state index in [9.17, 15) is 14.7 Å². The number of aliphatic hydroxyl groups is 1. The number of aromatic nitrogens is 4. The normalized spacial score (nSPS) is 18.0. The molecule has 0 aliphatic heterocycles. The maximum Gasteiger partial charge on any atom is 0.415 e. The first kappa shape index (κ1) is 28.0. The number of amides is 2. The van der Waals surface area contributed by atoms with E-state index in [0.29, 0.717) is 42.8 Å². The fourth-order valence-corrected chi connectivity index (χ4v) is 3.84. The number of anilines is 1. The first-order valence-corrected chi connectivity index (χ1v) is 12.2. The Bertz CT molecular complexity index is 1040. The molecule has 1 saturated carbocycles. The van der Waals surface area contributed by atoms with E-state index in [1.807, 2.05) is 20.8 Å². The number of hydrogen-bond donors (Lipinski definition) is 2. The number of carbonyl (C=O) groups excluding carboxylic acids is 2. The van der Waals surface area contributed by atoms with E-state index < -0.39 is 23.4 Å². The average Bonchev–Trinajstić information content (AvgIpc) is 2.83. The lowest BCUT2D eigenvalue weighted by molar-refractivity contribution is 0.00803. The van der Waals surface area contributed by atoms with E-state index in [2.05, 4.69) is 25.3 Å². The average molecular weight is 517 g/mol. The molecular weight excluding hydrogens is 480 g/mol. The molecule has 0 aromatic carbocycles. The van der Waals surface area contributed by atoms with E-state index in [0.717, 1.165) is 0 Å². The highest BCUT2D eigenvalue weighted by molar-refractivity contribution is 5.87. The van der Waals surface area contributed by atoms with Crippen molar-refractivity contribution in [2.24, 2.45) is 0 Å². The molecular formula is C25H36N6O6. The predicted molar refractivity (Wildman–Crippen MR) is 135 cm³/mol. The smallest absolute Gasteiger partial charge is 0.415 e. The van der Waals surface area contributed by atoms with Crippen LogP contribution >= 0.6 is 0 Å². The minimum Gasteiger partial charge on any atom is -0.467 e. The Hall–Kier alpha value is -3.54. The molecule has 12 heteroatoms. The van der Waals surface area contributed by atoms with Gasteiger partial charge in [0.1, 0.15) is 12.2 Å². The first-order chi connectivity index (χ1) is 17.3. The van der Waals surface area contributed by atoms with Gasteiger partial charge in [-0.05, 0) is 60.3 Å². The van der Waals surface area contributed by atoms with E-state index in [1.54, 1.807) is 26.2 Å². The van der Waals surface area contributed by atoms with Crippen LogP contribution in [0.25, 0.3) is 11.3 Å². The third-order valence-electron chi connectivity index (χ3n) is 5.52. The van der Waals surface area contributed by atoms with Crippen LogP contribution in [-0.4, -0.2) is 74.2 Å². The van der Waals surface area contributed by atoms with Crippen molar-refractivity contribution in [1.82, 2.24) is 25.3 Å². The van der Waals surface area contributed by atoms with Crippen molar-refractivity contribution < 1.29 is 28.9 Å². The summed E-state index contributed by atoms with van der Waals surface area (Å²) in [6, 6.07) is -0.0508. The SMILES string of the molecule is COc1ncc(-c2cnc(N(C(=O)OCC(C)(C)O)[C@H]3CC[C@H](NC(=O)OC(C)(C)C)CC3)cn2)cn1. The number of carbonyl (C=O) groups is 2. The van der Waals surface area contributed by atoms with Gasteiger partial charge in [0, 0.05) is 30.0 Å². The zero-order valence-electron chi connectivity index (χ0n) is 22.2. The summed E-state index contributed by atoms with van der Waals surface area (Å²) in [5.74, 6) is 0.322. The Morgan fingerprint density at radius 3 is 2.16 bits per heavy atom. The zero-order valence-corrected chi connectivity index (χ0v) is 22.2. The number of nitrogens with one attached hydrogen (secondary N) is 1. The molecule has 0 saturated heterocycles. The van der Waals surface area contributed by atoms with Crippen LogP contribution in [0.2, 0.25) is 0 Å². The molecule has 2 N–H and O–H groups in total. The fraction of sp³-hybridized carbons (Fsp3) is 0.600. The highest BCUT2D eigenvalue weighted by Crippen LogP contribution is 2.28. The molecule has 2 aromatic heterocycles. The summed E-state index contributed by atoms with van der Waals surface area (Å²) in [6.45, 7) is 8.39. The second kappa shape index (κ2) is 11.7. The lowest BCUT2D eigenvalue weighted by atomic mass is 9.90. The van der Waals surface area contributed by atoms with E-state index in [1.165, 1.54) is 24.4 Å². The molecule has 1 aliphatic rings. The molecule has 0 atom stereocenters. The van der Waals surface area contributed by atoms with Crippen LogP contribution in [0.4, 0.5) is 15.4 Å². The van der Waals surface area contributed by atoms with Crippen LogP contribution < -0.4 is 15.0 Å². The fourth-order valence-electron chi connectivity index (χ4n) is 3.84. The van der Waals surface area contributed by atoms with Crippen molar-refractivity contribution in [2.45, 2.75) is 83.6 Å². The molecule has 0 spiro atoms. The van der Waals surface area contributed by atoms with Crippen LogP contribution in [0.5, 0.6) is 6.01 Å². The van der Waals surface area contributed by atoms with Gasteiger partial charge in [0.05, 0.1) is 30.8 Å². The maximum atomic E-state index is 13.1. The summed E-state index contributed by atoms with van der Waals surface area (Å²) in [4.78, 5) is 43.8. The van der Waals surface area contributed by atoms with Crippen molar-refractivity contribution in [3.63, 3.8) is 0 Å². The lowest BCUT2D eigenvalue weighted by Gasteiger charge is -2.36. The van der Waals surface area contributed by atoms with Gasteiger partial charge in [-0.15, -0.1) is 0 Å². The van der Waals surface area contributed by atoms with E-state index in [4.69, 9.17) is 14.2 Å². The zero-order chi connectivity index (χ0) is 27.2. The molecule has 2 heterocycles. The second-order valence-electron chi connectivity index (χ2n) is 10.6. The van der Waals surface area contributed by atoms with Gasteiger partial charge in [-0.25, -0.2) is 24.5 Å². The monoisotopic (exact) mass is 516 g/mol. The first-order valence-electron chi connectivity index (χ1n) is 12.2. The number of methoxy groups -OCH3 is 1. The van der Waals surface area contributed by atoms with E-state index >= 15 is 0 Å². The summed E-state index contributed by atoms with van der Waals surface area (Å²) < 4.78 is 15.7. The number of nitrogens with zero attached hydrogens (tertiary/aromatic N) is 5. The Balaban J connectivity index is 1.73. The summed E-state index contributed by atoms with van der Waals surface area (Å²) >= 11 is 0. The Kier molecular flexibility index (Phi) is 8.85. The lowest BCUT2D eigenvalue weighted by Crippen LogP contribution is -2.48. The highest BCUT2D eigenvalue weighted by Gasteiger charge is 2.34. The van der Waals surface area contributed by atoms with Crippen molar-refractivity contribution in [2.75, 3.05) is 18.6 Å². The number of alkyl carbamates (subject to hydrolysis) is 1. The Morgan fingerprint density at radius 1 is 1.00 bits per heavy atom. The quantitative estimate of drug-likeness (QED) is 0.560. The summed E-state index contributed by atoms with van der Waals surface area (Å²) in [7, 11) is 1.48. The van der Waals surface area contributed by atoms with Crippen LogP contribution in [0.1, 0.15) is 60.3 Å². The van der Waals surface area contributed by atoms with Crippen molar-refractivity contribution in [1.29, 1.82) is 0 Å². The van der Waals surface area contributed by atoms with Gasteiger partial charge in [0.15, 0.2) is 5.82 Å². The van der Waals surface area contributed by atoms with Gasteiger partial charge in [-0.3, -0.25) is 9.88 Å². The molecule has 1 aliphatic carbocycles. The molecule has 1 fully saturated rings. The van der Waals surface area contributed by atoms with Gasteiger partial charge in [0.2, 0.25) is 0 Å². The summed E-state index contributed by atoms with van der Waals surface area (Å²) in [6.07, 6.45) is 7.60. The van der Waals surface area contributed by atoms with Crippen molar-refractivity contribution >= 4 is 18.0 Å². The van der Waals surface area contributed by atoms with Gasteiger partial charge in [-0.1, -0.05) is 0 Å². The number of hydrogen-bond acceptors (Lipinski definition) is 10. The Labute approximate surface area is 216 Å². The minimum absolute atomic E-state index is 0.0659. The molecule has 2 aromatic rings. The summed E-state index contributed by atoms with van der Waals surface area (Å²) in [5.41, 5.74) is -0.586. The standard InChI is InChI=1S/C25H36N6O6/c1-24(2,3)37-22(32)30-17-7-9-18(10-8-17)31(23(33)36-15-25(4,5)34)20-14-26-19(13-27-20)16-11-28-21(35-6)29-12-16/h11-14,17-18,34H,7-10,15H2,1-6H3,(H,30,32)/t17-,18-. The van der Waals surface area contributed by atoms with Crippen molar-refractivity contribution in [3.05, 3.63) is 24.8 Å². The van der Waals surface area contributed by atoms with Crippen molar-refractivity contribution in [3.8, 4) is 17.3 Å².